The Balaban J connectivity index is 2.14. The largest absolute Gasteiger partial charge is 0.366 e. The molecule has 1 aromatic rings. The highest BCUT2D eigenvalue weighted by atomic mass is 15.2. The molecule has 0 amide bonds. The van der Waals surface area contributed by atoms with Crippen molar-refractivity contribution in [1.82, 2.24) is 15.3 Å². The Bertz CT molecular complexity index is 432. The minimum absolute atomic E-state index is 0.550. The van der Waals surface area contributed by atoms with E-state index in [0.717, 1.165) is 37.1 Å². The van der Waals surface area contributed by atoms with Crippen LogP contribution in [0.3, 0.4) is 0 Å². The molecule has 1 fully saturated rings. The van der Waals surface area contributed by atoms with Crippen LogP contribution in [-0.2, 0) is 0 Å². The second kappa shape index (κ2) is 6.52. The van der Waals surface area contributed by atoms with Gasteiger partial charge in [-0.2, -0.15) is 0 Å². The van der Waals surface area contributed by atoms with E-state index in [-0.39, 0.29) is 0 Å². The molecule has 1 aliphatic heterocycles. The minimum Gasteiger partial charge on any atom is -0.366 e. The fourth-order valence-corrected chi connectivity index (χ4v) is 2.40. The molecule has 0 radical (unpaired) electrons. The maximum absolute atomic E-state index is 4.56. The number of rotatable bonds is 5. The average Bonchev–Trinajstić information content (AvgIpc) is 2.44. The molecule has 104 valence electrons. The second-order valence-electron chi connectivity index (χ2n) is 4.90. The normalized spacial score (nSPS) is 19.3. The van der Waals surface area contributed by atoms with Crippen LogP contribution in [0.5, 0.6) is 0 Å². The maximum atomic E-state index is 4.56. The minimum atomic E-state index is 0.550. The number of anilines is 2. The van der Waals surface area contributed by atoms with Gasteiger partial charge in [0.1, 0.15) is 17.5 Å². The number of aromatic nitrogens is 2. The van der Waals surface area contributed by atoms with Crippen LogP contribution in [0.1, 0.15) is 18.7 Å². The first kappa shape index (κ1) is 13.8. The van der Waals surface area contributed by atoms with Crippen LogP contribution in [0.25, 0.3) is 0 Å². The van der Waals surface area contributed by atoms with E-state index < -0.39 is 0 Å². The lowest BCUT2D eigenvalue weighted by Gasteiger charge is -2.33. The van der Waals surface area contributed by atoms with Gasteiger partial charge in [0.15, 0.2) is 0 Å². The monoisotopic (exact) mass is 261 g/mol. The van der Waals surface area contributed by atoms with Crippen LogP contribution in [0.4, 0.5) is 11.6 Å². The van der Waals surface area contributed by atoms with Crippen LogP contribution in [0.15, 0.2) is 18.7 Å². The molecule has 1 aromatic heterocycles. The van der Waals surface area contributed by atoms with Gasteiger partial charge in [-0.25, -0.2) is 9.97 Å². The lowest BCUT2D eigenvalue weighted by atomic mass is 10.1. The zero-order chi connectivity index (χ0) is 13.7. The zero-order valence-electron chi connectivity index (χ0n) is 11.8. The summed E-state index contributed by atoms with van der Waals surface area (Å²) in [5.41, 5.74) is 0. The molecular formula is C14H23N5. The van der Waals surface area contributed by atoms with Gasteiger partial charge >= 0.3 is 0 Å². The third-order valence-corrected chi connectivity index (χ3v) is 3.41. The quantitative estimate of drug-likeness (QED) is 0.788. The first-order chi connectivity index (χ1) is 9.22. The van der Waals surface area contributed by atoms with E-state index in [4.69, 9.17) is 0 Å². The summed E-state index contributed by atoms with van der Waals surface area (Å²) in [5.74, 6) is 2.68. The topological polar surface area (TPSA) is 53.1 Å². The highest BCUT2D eigenvalue weighted by molar-refractivity contribution is 5.50. The molecule has 5 nitrogen and oxygen atoms in total. The highest BCUT2D eigenvalue weighted by Crippen LogP contribution is 2.20. The van der Waals surface area contributed by atoms with Crippen molar-refractivity contribution in [3.63, 3.8) is 0 Å². The molecule has 1 saturated heterocycles. The summed E-state index contributed by atoms with van der Waals surface area (Å²) < 4.78 is 0. The Morgan fingerprint density at radius 1 is 1.53 bits per heavy atom. The van der Waals surface area contributed by atoms with Crippen molar-refractivity contribution in [3.05, 3.63) is 24.5 Å². The summed E-state index contributed by atoms with van der Waals surface area (Å²) in [4.78, 5) is 11.3. The predicted octanol–water partition coefficient (Wildman–Crippen LogP) is 1.57. The Morgan fingerprint density at radius 2 is 2.37 bits per heavy atom. The number of piperidine rings is 1. The number of aryl methyl sites for hydroxylation is 1. The molecule has 1 aliphatic rings. The summed E-state index contributed by atoms with van der Waals surface area (Å²) >= 11 is 0. The van der Waals surface area contributed by atoms with Gasteiger partial charge in [-0.15, -0.1) is 6.58 Å². The van der Waals surface area contributed by atoms with Gasteiger partial charge < -0.3 is 15.5 Å². The third kappa shape index (κ3) is 3.67. The van der Waals surface area contributed by atoms with E-state index in [9.17, 15) is 0 Å². The first-order valence-electron chi connectivity index (χ1n) is 6.85. The van der Waals surface area contributed by atoms with Gasteiger partial charge in [-0.1, -0.05) is 6.08 Å². The first-order valence-corrected chi connectivity index (χ1v) is 6.85. The van der Waals surface area contributed by atoms with Gasteiger partial charge in [0.05, 0.1) is 0 Å². The van der Waals surface area contributed by atoms with E-state index in [1.807, 2.05) is 26.1 Å². The van der Waals surface area contributed by atoms with Crippen molar-refractivity contribution < 1.29 is 0 Å². The lowest BCUT2D eigenvalue weighted by molar-refractivity contribution is 0.447. The van der Waals surface area contributed by atoms with Crippen LogP contribution >= 0.6 is 0 Å². The van der Waals surface area contributed by atoms with Crippen molar-refractivity contribution in [1.29, 1.82) is 0 Å². The summed E-state index contributed by atoms with van der Waals surface area (Å²) in [6, 6.07) is 2.57. The second-order valence-corrected chi connectivity index (χ2v) is 4.90. The zero-order valence-corrected chi connectivity index (χ0v) is 11.8. The molecule has 0 spiro atoms. The summed E-state index contributed by atoms with van der Waals surface area (Å²) in [5, 5.41) is 6.58. The van der Waals surface area contributed by atoms with E-state index in [1.165, 1.54) is 12.8 Å². The molecule has 2 rings (SSSR count). The van der Waals surface area contributed by atoms with E-state index in [1.54, 1.807) is 0 Å². The maximum Gasteiger partial charge on any atom is 0.134 e. The third-order valence-electron chi connectivity index (χ3n) is 3.41. The Morgan fingerprint density at radius 3 is 3.11 bits per heavy atom. The standard InChI is InChI=1S/C14H23N5/c1-4-7-16-13-9-14(18-11(2)17-13)19-8-5-6-12(10-19)15-3/h4,9,12,15H,1,5-8,10H2,2-3H3,(H,16,17,18). The van der Waals surface area contributed by atoms with Crippen LogP contribution in [0.2, 0.25) is 0 Å². The molecular weight excluding hydrogens is 238 g/mol. The fourth-order valence-electron chi connectivity index (χ4n) is 2.40. The van der Waals surface area contributed by atoms with Crippen molar-refractivity contribution in [2.24, 2.45) is 0 Å². The Hall–Kier alpha value is -1.62. The number of hydrogen-bond donors (Lipinski definition) is 2. The van der Waals surface area contributed by atoms with Crippen molar-refractivity contribution >= 4 is 11.6 Å². The van der Waals surface area contributed by atoms with Gasteiger partial charge in [0, 0.05) is 31.7 Å². The van der Waals surface area contributed by atoms with Crippen LogP contribution < -0.4 is 15.5 Å². The molecule has 1 atom stereocenters. The van der Waals surface area contributed by atoms with Gasteiger partial charge in [0.25, 0.3) is 0 Å². The van der Waals surface area contributed by atoms with E-state index in [2.05, 4.69) is 32.1 Å². The molecule has 5 heteroatoms. The van der Waals surface area contributed by atoms with Crippen molar-refractivity contribution in [3.8, 4) is 0 Å². The van der Waals surface area contributed by atoms with E-state index >= 15 is 0 Å². The van der Waals surface area contributed by atoms with Crippen LogP contribution in [-0.4, -0.2) is 42.7 Å². The molecule has 2 N–H and O–H groups in total. The predicted molar refractivity (Wildman–Crippen MR) is 79.8 cm³/mol. The van der Waals surface area contributed by atoms with Gasteiger partial charge in [-0.05, 0) is 26.8 Å². The molecule has 19 heavy (non-hydrogen) atoms. The summed E-state index contributed by atoms with van der Waals surface area (Å²) in [7, 11) is 2.02. The lowest BCUT2D eigenvalue weighted by Crippen LogP contribution is -2.44. The number of nitrogens with zero attached hydrogens (tertiary/aromatic N) is 3. The average molecular weight is 261 g/mol. The number of nitrogens with one attached hydrogen (secondary N) is 2. The summed E-state index contributed by atoms with van der Waals surface area (Å²) in [6.07, 6.45) is 4.26. The fraction of sp³-hybridized carbons (Fsp3) is 0.571. The number of hydrogen-bond acceptors (Lipinski definition) is 5. The molecule has 0 aliphatic carbocycles. The smallest absolute Gasteiger partial charge is 0.134 e. The molecule has 1 unspecified atom stereocenters. The highest BCUT2D eigenvalue weighted by Gasteiger charge is 2.20. The summed E-state index contributed by atoms with van der Waals surface area (Å²) in [6.45, 7) is 8.43. The van der Waals surface area contributed by atoms with Crippen molar-refractivity contribution in [2.75, 3.05) is 36.9 Å². The van der Waals surface area contributed by atoms with Gasteiger partial charge in [-0.3, -0.25) is 0 Å². The van der Waals surface area contributed by atoms with Crippen molar-refractivity contribution in [2.45, 2.75) is 25.8 Å². The molecule has 0 aromatic carbocycles. The Labute approximate surface area is 115 Å². The molecule has 2 heterocycles. The molecule has 0 bridgehead atoms. The number of likely N-dealkylation sites (N-methyl/N-ethyl adjacent to an activating group) is 1. The van der Waals surface area contributed by atoms with Gasteiger partial charge in [0.2, 0.25) is 0 Å². The van der Waals surface area contributed by atoms with Crippen LogP contribution in [0, 0.1) is 6.92 Å². The SMILES string of the molecule is C=CCNc1cc(N2CCCC(NC)C2)nc(C)n1. The molecule has 0 saturated carbocycles. The Kier molecular flexibility index (Phi) is 4.74. The van der Waals surface area contributed by atoms with E-state index in [0.29, 0.717) is 6.04 Å².